The van der Waals surface area contributed by atoms with Gasteiger partial charge in [0, 0.05) is 19.3 Å². The average molecular weight is 181 g/mol. The Morgan fingerprint density at radius 2 is 2.62 bits per heavy atom. The van der Waals surface area contributed by atoms with E-state index < -0.39 is 12.0 Å². The van der Waals surface area contributed by atoms with Crippen molar-refractivity contribution in [3.05, 3.63) is 24.9 Å². The van der Waals surface area contributed by atoms with E-state index in [1.165, 1.54) is 6.08 Å². The number of aliphatic carboxylic acids is 1. The molecule has 0 radical (unpaired) electrons. The maximum absolute atomic E-state index is 10.6. The molecule has 1 aromatic heterocycles. The molecule has 0 aliphatic heterocycles. The van der Waals surface area contributed by atoms with E-state index in [2.05, 4.69) is 17.0 Å². The maximum atomic E-state index is 10.6. The molecule has 0 saturated heterocycles. The molecule has 13 heavy (non-hydrogen) atoms. The van der Waals surface area contributed by atoms with Crippen LogP contribution in [0.15, 0.2) is 24.9 Å². The fraction of sp³-hybridized carbons (Fsp3) is 0.250. The van der Waals surface area contributed by atoms with Gasteiger partial charge in [-0.1, -0.05) is 6.08 Å². The summed E-state index contributed by atoms with van der Waals surface area (Å²) in [6.45, 7) is 3.41. The van der Waals surface area contributed by atoms with E-state index >= 15 is 0 Å². The summed E-state index contributed by atoms with van der Waals surface area (Å²) in [5.74, 6) is -0.449. The number of carboxylic acids is 1. The van der Waals surface area contributed by atoms with Crippen LogP contribution in [0.25, 0.3) is 0 Å². The van der Waals surface area contributed by atoms with Crippen molar-refractivity contribution in [3.8, 4) is 0 Å². The number of carboxylic acid groups (broad SMARTS) is 1. The Morgan fingerprint density at radius 3 is 3.00 bits per heavy atom. The number of carbonyl (C=O) groups is 1. The lowest BCUT2D eigenvalue weighted by atomic mass is 10.3. The van der Waals surface area contributed by atoms with Crippen LogP contribution >= 0.6 is 0 Å². The highest BCUT2D eigenvalue weighted by atomic mass is 16.4. The van der Waals surface area contributed by atoms with E-state index in [0.29, 0.717) is 5.82 Å². The van der Waals surface area contributed by atoms with Crippen molar-refractivity contribution in [2.75, 3.05) is 5.32 Å². The number of anilines is 1. The molecule has 0 spiro atoms. The van der Waals surface area contributed by atoms with E-state index in [9.17, 15) is 4.79 Å². The topological polar surface area (TPSA) is 67.2 Å². The third-order valence-corrected chi connectivity index (χ3v) is 1.52. The van der Waals surface area contributed by atoms with Crippen molar-refractivity contribution in [2.45, 2.75) is 6.04 Å². The second-order valence-corrected chi connectivity index (χ2v) is 2.57. The first-order valence-corrected chi connectivity index (χ1v) is 3.75. The molecule has 1 unspecified atom stereocenters. The molecule has 0 amide bonds. The Kier molecular flexibility index (Phi) is 2.69. The molecule has 0 aliphatic carbocycles. The van der Waals surface area contributed by atoms with Gasteiger partial charge in [0.15, 0.2) is 0 Å². The Hall–Kier alpha value is -1.78. The SMILES string of the molecule is C=CC(Nc1ccn(C)n1)C(=O)O. The molecule has 5 heteroatoms. The maximum Gasteiger partial charge on any atom is 0.330 e. The highest BCUT2D eigenvalue weighted by Crippen LogP contribution is 2.03. The number of rotatable bonds is 4. The third kappa shape index (κ3) is 2.33. The Morgan fingerprint density at radius 1 is 1.92 bits per heavy atom. The van der Waals surface area contributed by atoms with Crippen LogP contribution in [0.2, 0.25) is 0 Å². The summed E-state index contributed by atoms with van der Waals surface area (Å²) >= 11 is 0. The van der Waals surface area contributed by atoms with Crippen molar-refractivity contribution in [1.29, 1.82) is 0 Å². The van der Waals surface area contributed by atoms with Crippen LogP contribution in [0.5, 0.6) is 0 Å². The largest absolute Gasteiger partial charge is 0.479 e. The zero-order chi connectivity index (χ0) is 9.84. The van der Waals surface area contributed by atoms with Crippen molar-refractivity contribution < 1.29 is 9.90 Å². The molecule has 5 nitrogen and oxygen atoms in total. The zero-order valence-electron chi connectivity index (χ0n) is 7.27. The van der Waals surface area contributed by atoms with Crippen LogP contribution < -0.4 is 5.32 Å². The molecule has 1 heterocycles. The highest BCUT2D eigenvalue weighted by molar-refractivity contribution is 5.79. The molecule has 70 valence electrons. The average Bonchev–Trinajstić information content (AvgIpc) is 2.46. The summed E-state index contributed by atoms with van der Waals surface area (Å²) < 4.78 is 1.59. The molecule has 0 aromatic carbocycles. The molecule has 0 aliphatic rings. The van der Waals surface area contributed by atoms with Gasteiger partial charge in [0.2, 0.25) is 0 Å². The second kappa shape index (κ2) is 3.75. The summed E-state index contributed by atoms with van der Waals surface area (Å²) in [5, 5.41) is 15.3. The van der Waals surface area contributed by atoms with Crippen LogP contribution in [0.3, 0.4) is 0 Å². The van der Waals surface area contributed by atoms with Crippen LogP contribution in [0.4, 0.5) is 5.82 Å². The second-order valence-electron chi connectivity index (χ2n) is 2.57. The van der Waals surface area contributed by atoms with Gasteiger partial charge in [0.1, 0.15) is 11.9 Å². The fourth-order valence-electron chi connectivity index (χ4n) is 0.873. The van der Waals surface area contributed by atoms with Gasteiger partial charge in [-0.05, 0) is 0 Å². The Bertz CT molecular complexity index is 319. The molecule has 0 saturated carbocycles. The minimum atomic E-state index is -0.972. The minimum absolute atomic E-state index is 0.523. The highest BCUT2D eigenvalue weighted by Gasteiger charge is 2.12. The first-order valence-electron chi connectivity index (χ1n) is 3.75. The van der Waals surface area contributed by atoms with Crippen molar-refractivity contribution in [1.82, 2.24) is 9.78 Å². The summed E-state index contributed by atoms with van der Waals surface area (Å²) in [6.07, 6.45) is 3.04. The number of aromatic nitrogens is 2. The van der Waals surface area contributed by atoms with Gasteiger partial charge in [-0.25, -0.2) is 4.79 Å². The van der Waals surface area contributed by atoms with Crippen LogP contribution in [0.1, 0.15) is 0 Å². The molecule has 1 atom stereocenters. The Labute approximate surface area is 75.7 Å². The fourth-order valence-corrected chi connectivity index (χ4v) is 0.873. The lowest BCUT2D eigenvalue weighted by Gasteiger charge is -2.07. The van der Waals surface area contributed by atoms with E-state index in [4.69, 9.17) is 5.11 Å². The Balaban J connectivity index is 2.67. The number of hydrogen-bond donors (Lipinski definition) is 2. The predicted octanol–water partition coefficient (Wildman–Crippen LogP) is 0.471. The summed E-state index contributed by atoms with van der Waals surface area (Å²) in [5.41, 5.74) is 0. The van der Waals surface area contributed by atoms with E-state index in [-0.39, 0.29) is 0 Å². The van der Waals surface area contributed by atoms with Gasteiger partial charge in [-0.3, -0.25) is 4.68 Å². The quantitative estimate of drug-likeness (QED) is 0.662. The van der Waals surface area contributed by atoms with Gasteiger partial charge >= 0.3 is 5.97 Å². The van der Waals surface area contributed by atoms with Gasteiger partial charge in [0.25, 0.3) is 0 Å². The summed E-state index contributed by atoms with van der Waals surface area (Å²) in [6, 6.07) is 0.898. The van der Waals surface area contributed by atoms with E-state index in [0.717, 1.165) is 0 Å². The molecular formula is C8H11N3O2. The molecule has 1 aromatic rings. The van der Waals surface area contributed by atoms with Gasteiger partial charge < -0.3 is 10.4 Å². The molecule has 0 bridgehead atoms. The minimum Gasteiger partial charge on any atom is -0.479 e. The van der Waals surface area contributed by atoms with Gasteiger partial charge in [0.05, 0.1) is 0 Å². The summed E-state index contributed by atoms with van der Waals surface area (Å²) in [4.78, 5) is 10.6. The van der Waals surface area contributed by atoms with E-state index in [1.807, 2.05) is 0 Å². The number of nitrogens with one attached hydrogen (secondary N) is 1. The van der Waals surface area contributed by atoms with Crippen LogP contribution in [-0.4, -0.2) is 26.9 Å². The number of aryl methyl sites for hydroxylation is 1. The lowest BCUT2D eigenvalue weighted by molar-refractivity contribution is -0.136. The van der Waals surface area contributed by atoms with Crippen molar-refractivity contribution in [3.63, 3.8) is 0 Å². The molecule has 0 fully saturated rings. The molecule has 1 rings (SSSR count). The number of hydrogen-bond acceptors (Lipinski definition) is 3. The van der Waals surface area contributed by atoms with Gasteiger partial charge in [-0.2, -0.15) is 5.10 Å². The monoisotopic (exact) mass is 181 g/mol. The lowest BCUT2D eigenvalue weighted by Crippen LogP contribution is -2.26. The molecular weight excluding hydrogens is 170 g/mol. The van der Waals surface area contributed by atoms with Crippen LogP contribution in [-0.2, 0) is 11.8 Å². The standard InChI is InChI=1S/C8H11N3O2/c1-3-6(8(12)13)9-7-4-5-11(2)10-7/h3-6H,1H2,2H3,(H,9,10)(H,12,13). The number of nitrogens with zero attached hydrogens (tertiary/aromatic N) is 2. The zero-order valence-corrected chi connectivity index (χ0v) is 7.27. The normalized spacial score (nSPS) is 12.1. The summed E-state index contributed by atoms with van der Waals surface area (Å²) in [7, 11) is 1.76. The van der Waals surface area contributed by atoms with Crippen LogP contribution in [0, 0.1) is 0 Å². The third-order valence-electron chi connectivity index (χ3n) is 1.52. The first-order chi connectivity index (χ1) is 6.13. The smallest absolute Gasteiger partial charge is 0.330 e. The van der Waals surface area contributed by atoms with Gasteiger partial charge in [-0.15, -0.1) is 6.58 Å². The first kappa shape index (κ1) is 9.31. The van der Waals surface area contributed by atoms with Crippen molar-refractivity contribution in [2.24, 2.45) is 7.05 Å². The van der Waals surface area contributed by atoms with Crippen molar-refractivity contribution >= 4 is 11.8 Å². The van der Waals surface area contributed by atoms with E-state index in [1.54, 1.807) is 24.0 Å². The predicted molar refractivity (Wildman–Crippen MR) is 48.5 cm³/mol. The molecule has 2 N–H and O–H groups in total.